The van der Waals surface area contributed by atoms with E-state index in [1.54, 1.807) is 12.1 Å². The molecule has 0 atom stereocenters. The molecule has 0 bridgehead atoms. The molecule has 2 aliphatic rings. The fourth-order valence-corrected chi connectivity index (χ4v) is 2.58. The van der Waals surface area contributed by atoms with E-state index in [4.69, 9.17) is 0 Å². The van der Waals surface area contributed by atoms with Crippen molar-refractivity contribution in [3.05, 3.63) is 33.9 Å². The van der Waals surface area contributed by atoms with E-state index in [0.29, 0.717) is 0 Å². The van der Waals surface area contributed by atoms with Crippen molar-refractivity contribution in [1.82, 2.24) is 0 Å². The Balaban J connectivity index is 1.88. The first-order valence-electron chi connectivity index (χ1n) is 6.26. The van der Waals surface area contributed by atoms with Gasteiger partial charge in [0.05, 0.1) is 4.92 Å². The third-order valence-electron chi connectivity index (χ3n) is 3.66. The summed E-state index contributed by atoms with van der Waals surface area (Å²) in [5.74, 6) is 0.858. The number of anilines is 1. The number of nitro benzene ring substituents is 1. The Hall–Kier alpha value is -1.58. The van der Waals surface area contributed by atoms with Crippen molar-refractivity contribution in [3.8, 4) is 0 Å². The summed E-state index contributed by atoms with van der Waals surface area (Å²) < 4.78 is 0. The van der Waals surface area contributed by atoms with E-state index in [2.05, 4.69) is 4.90 Å². The van der Waals surface area contributed by atoms with Crippen LogP contribution in [-0.4, -0.2) is 18.0 Å². The molecule has 1 saturated carbocycles. The van der Waals surface area contributed by atoms with Gasteiger partial charge in [-0.15, -0.1) is 0 Å². The summed E-state index contributed by atoms with van der Waals surface area (Å²) in [7, 11) is 0. The average molecular weight is 232 g/mol. The third kappa shape index (κ3) is 2.12. The molecular formula is C13H16N2O2. The molecule has 3 rings (SSSR count). The molecule has 4 nitrogen and oxygen atoms in total. The highest BCUT2D eigenvalue weighted by Gasteiger charge is 2.27. The number of fused-ring (bicyclic) bond motifs is 1. The van der Waals surface area contributed by atoms with E-state index in [1.807, 2.05) is 6.07 Å². The monoisotopic (exact) mass is 232 g/mol. The summed E-state index contributed by atoms with van der Waals surface area (Å²) in [6.45, 7) is 2.23. The van der Waals surface area contributed by atoms with Crippen molar-refractivity contribution in [3.63, 3.8) is 0 Å². The first kappa shape index (κ1) is 10.6. The number of rotatable bonds is 3. The maximum absolute atomic E-state index is 10.7. The van der Waals surface area contributed by atoms with Crippen LogP contribution in [0.1, 0.15) is 24.8 Å². The Morgan fingerprint density at radius 2 is 2.24 bits per heavy atom. The first-order chi connectivity index (χ1) is 8.24. The molecule has 1 aromatic rings. The molecule has 1 aliphatic carbocycles. The van der Waals surface area contributed by atoms with Gasteiger partial charge in [0.1, 0.15) is 0 Å². The number of nitrogens with zero attached hydrogens (tertiary/aromatic N) is 2. The van der Waals surface area contributed by atoms with Gasteiger partial charge in [-0.1, -0.05) is 0 Å². The standard InChI is InChI=1S/C13H16N2O2/c16-15(17)12-5-6-13-11(8-12)2-1-7-14(13)9-10-3-4-10/h5-6,8,10H,1-4,7,9H2. The van der Waals surface area contributed by atoms with Crippen molar-refractivity contribution < 1.29 is 4.92 Å². The summed E-state index contributed by atoms with van der Waals surface area (Å²) >= 11 is 0. The summed E-state index contributed by atoms with van der Waals surface area (Å²) in [6, 6.07) is 5.30. The minimum Gasteiger partial charge on any atom is -0.371 e. The molecule has 0 spiro atoms. The van der Waals surface area contributed by atoms with Crippen LogP contribution in [-0.2, 0) is 6.42 Å². The molecule has 0 saturated heterocycles. The lowest BCUT2D eigenvalue weighted by atomic mass is 10.0. The van der Waals surface area contributed by atoms with Crippen LogP contribution in [0.3, 0.4) is 0 Å². The van der Waals surface area contributed by atoms with Crippen LogP contribution >= 0.6 is 0 Å². The predicted octanol–water partition coefficient (Wildman–Crippen LogP) is 2.76. The number of aryl methyl sites for hydroxylation is 1. The molecule has 0 N–H and O–H groups in total. The molecule has 0 aromatic heterocycles. The Labute approximate surface area is 100 Å². The van der Waals surface area contributed by atoms with E-state index in [1.165, 1.54) is 18.5 Å². The molecular weight excluding hydrogens is 216 g/mol. The van der Waals surface area contributed by atoms with Crippen LogP contribution in [0, 0.1) is 16.0 Å². The van der Waals surface area contributed by atoms with Gasteiger partial charge in [-0.05, 0) is 43.2 Å². The molecule has 1 aliphatic heterocycles. The van der Waals surface area contributed by atoms with Gasteiger partial charge in [0.2, 0.25) is 0 Å². The van der Waals surface area contributed by atoms with Crippen LogP contribution in [0.15, 0.2) is 18.2 Å². The zero-order valence-electron chi connectivity index (χ0n) is 9.76. The van der Waals surface area contributed by atoms with E-state index in [0.717, 1.165) is 37.4 Å². The maximum Gasteiger partial charge on any atom is 0.269 e. The fraction of sp³-hybridized carbons (Fsp3) is 0.538. The summed E-state index contributed by atoms with van der Waals surface area (Å²) in [6.07, 6.45) is 4.77. The van der Waals surface area contributed by atoms with Crippen LogP contribution in [0.25, 0.3) is 0 Å². The second-order valence-corrected chi connectivity index (χ2v) is 5.06. The van der Waals surface area contributed by atoms with Gasteiger partial charge in [-0.25, -0.2) is 0 Å². The summed E-state index contributed by atoms with van der Waals surface area (Å²) in [4.78, 5) is 12.8. The molecule has 0 radical (unpaired) electrons. The van der Waals surface area contributed by atoms with Gasteiger partial charge < -0.3 is 4.90 Å². The molecule has 1 fully saturated rings. The highest BCUT2D eigenvalue weighted by atomic mass is 16.6. The third-order valence-corrected chi connectivity index (χ3v) is 3.66. The van der Waals surface area contributed by atoms with Crippen molar-refractivity contribution in [1.29, 1.82) is 0 Å². The van der Waals surface area contributed by atoms with Crippen LogP contribution in [0.5, 0.6) is 0 Å². The summed E-state index contributed by atoms with van der Waals surface area (Å²) in [5.41, 5.74) is 2.58. The van der Waals surface area contributed by atoms with E-state index < -0.39 is 0 Å². The van der Waals surface area contributed by atoms with E-state index in [9.17, 15) is 10.1 Å². The molecule has 1 aromatic carbocycles. The van der Waals surface area contributed by atoms with Gasteiger partial charge >= 0.3 is 0 Å². The minimum absolute atomic E-state index is 0.219. The second kappa shape index (κ2) is 4.02. The number of hydrogen-bond acceptors (Lipinski definition) is 3. The van der Waals surface area contributed by atoms with Crippen LogP contribution < -0.4 is 4.90 Å². The summed E-state index contributed by atoms with van der Waals surface area (Å²) in [5, 5.41) is 10.7. The first-order valence-corrected chi connectivity index (χ1v) is 6.26. The molecule has 0 unspecified atom stereocenters. The van der Waals surface area contributed by atoms with Gasteiger partial charge in [-0.3, -0.25) is 10.1 Å². The highest BCUT2D eigenvalue weighted by molar-refractivity contribution is 5.59. The van der Waals surface area contributed by atoms with Crippen molar-refractivity contribution >= 4 is 11.4 Å². The fourth-order valence-electron chi connectivity index (χ4n) is 2.58. The second-order valence-electron chi connectivity index (χ2n) is 5.06. The Morgan fingerprint density at radius 3 is 2.94 bits per heavy atom. The number of nitro groups is 1. The molecule has 90 valence electrons. The Bertz CT molecular complexity index is 455. The van der Waals surface area contributed by atoms with Gasteiger partial charge in [0.25, 0.3) is 5.69 Å². The number of non-ortho nitro benzene ring substituents is 1. The largest absolute Gasteiger partial charge is 0.371 e. The van der Waals surface area contributed by atoms with E-state index >= 15 is 0 Å². The lowest BCUT2D eigenvalue weighted by molar-refractivity contribution is -0.384. The zero-order chi connectivity index (χ0) is 11.8. The Morgan fingerprint density at radius 1 is 1.41 bits per heavy atom. The predicted molar refractivity (Wildman–Crippen MR) is 66.4 cm³/mol. The lowest BCUT2D eigenvalue weighted by Crippen LogP contribution is -2.31. The molecule has 4 heteroatoms. The van der Waals surface area contributed by atoms with Crippen molar-refractivity contribution in [2.24, 2.45) is 5.92 Å². The molecule has 0 amide bonds. The quantitative estimate of drug-likeness (QED) is 0.594. The molecule has 1 heterocycles. The Kier molecular flexibility index (Phi) is 2.50. The topological polar surface area (TPSA) is 46.4 Å². The van der Waals surface area contributed by atoms with Crippen molar-refractivity contribution in [2.75, 3.05) is 18.0 Å². The van der Waals surface area contributed by atoms with E-state index in [-0.39, 0.29) is 10.6 Å². The van der Waals surface area contributed by atoms with Gasteiger partial charge in [-0.2, -0.15) is 0 Å². The molecule has 17 heavy (non-hydrogen) atoms. The normalized spacial score (nSPS) is 18.9. The lowest BCUT2D eigenvalue weighted by Gasteiger charge is -2.31. The number of benzene rings is 1. The van der Waals surface area contributed by atoms with Crippen molar-refractivity contribution in [2.45, 2.75) is 25.7 Å². The van der Waals surface area contributed by atoms with Crippen LogP contribution in [0.2, 0.25) is 0 Å². The maximum atomic E-state index is 10.7. The smallest absolute Gasteiger partial charge is 0.269 e. The zero-order valence-corrected chi connectivity index (χ0v) is 9.76. The van der Waals surface area contributed by atoms with Gasteiger partial charge in [0.15, 0.2) is 0 Å². The highest BCUT2D eigenvalue weighted by Crippen LogP contribution is 2.35. The SMILES string of the molecule is O=[N+]([O-])c1ccc2c(c1)CCCN2CC1CC1. The van der Waals surface area contributed by atoms with Gasteiger partial charge in [0, 0.05) is 30.9 Å². The number of hydrogen-bond donors (Lipinski definition) is 0. The van der Waals surface area contributed by atoms with Crippen LogP contribution in [0.4, 0.5) is 11.4 Å². The average Bonchev–Trinajstić information content (AvgIpc) is 3.12. The minimum atomic E-state index is -0.305.